The highest BCUT2D eigenvalue weighted by atomic mass is 35.5. The van der Waals surface area contributed by atoms with E-state index in [0.717, 1.165) is 10.7 Å². The lowest BCUT2D eigenvalue weighted by Crippen LogP contribution is -1.96. The summed E-state index contributed by atoms with van der Waals surface area (Å²) in [6, 6.07) is 5.21. The summed E-state index contributed by atoms with van der Waals surface area (Å²) < 4.78 is 5.61. The van der Waals surface area contributed by atoms with E-state index in [-0.39, 0.29) is 0 Å². The molecule has 0 saturated heterocycles. The van der Waals surface area contributed by atoms with E-state index in [1.54, 1.807) is 29.5 Å². The van der Waals surface area contributed by atoms with Gasteiger partial charge in [-0.05, 0) is 32.0 Å². The molecule has 0 fully saturated rings. The van der Waals surface area contributed by atoms with E-state index in [2.05, 4.69) is 4.98 Å². The Morgan fingerprint density at radius 2 is 2.18 bits per heavy atom. The highest BCUT2D eigenvalue weighted by Crippen LogP contribution is 2.27. The Balaban J connectivity index is 2.07. The first-order chi connectivity index (χ1) is 8.06. The van der Waals surface area contributed by atoms with Crippen LogP contribution in [0, 0.1) is 13.8 Å². The van der Waals surface area contributed by atoms with Gasteiger partial charge in [0.1, 0.15) is 17.4 Å². The molecule has 3 nitrogen and oxygen atoms in total. The average Bonchev–Trinajstić information content (AvgIpc) is 2.57. The number of nitrogen functional groups attached to an aromatic ring is 1. The molecule has 2 N–H and O–H groups in total. The molecule has 1 heterocycles. The zero-order chi connectivity index (χ0) is 12.4. The van der Waals surface area contributed by atoms with E-state index in [0.29, 0.717) is 23.1 Å². The molecule has 0 aliphatic carbocycles. The summed E-state index contributed by atoms with van der Waals surface area (Å²) in [4.78, 5) is 5.61. The second-order valence-electron chi connectivity index (χ2n) is 3.73. The monoisotopic (exact) mass is 268 g/mol. The van der Waals surface area contributed by atoms with Gasteiger partial charge in [0.15, 0.2) is 0 Å². The lowest BCUT2D eigenvalue weighted by atomic mass is 10.3. The van der Waals surface area contributed by atoms with Crippen molar-refractivity contribution in [1.82, 2.24) is 4.98 Å². The van der Waals surface area contributed by atoms with Gasteiger partial charge in [-0.2, -0.15) is 0 Å². The van der Waals surface area contributed by atoms with E-state index in [4.69, 9.17) is 22.1 Å². The first-order valence-corrected chi connectivity index (χ1v) is 6.36. The Morgan fingerprint density at radius 1 is 1.41 bits per heavy atom. The Kier molecular flexibility index (Phi) is 3.54. The first-order valence-electron chi connectivity index (χ1n) is 5.17. The minimum atomic E-state index is 0.434. The number of aryl methyl sites for hydroxylation is 2. The zero-order valence-electron chi connectivity index (χ0n) is 9.66. The van der Waals surface area contributed by atoms with Crippen LogP contribution in [-0.4, -0.2) is 4.98 Å². The van der Waals surface area contributed by atoms with Crippen LogP contribution in [0.3, 0.4) is 0 Å². The maximum Gasteiger partial charge on any atom is 0.140 e. The largest absolute Gasteiger partial charge is 0.485 e. The summed E-state index contributed by atoms with van der Waals surface area (Å²) in [5.74, 6) is 0.631. The third-order valence-electron chi connectivity index (χ3n) is 2.38. The van der Waals surface area contributed by atoms with Crippen molar-refractivity contribution in [2.75, 3.05) is 5.73 Å². The van der Waals surface area contributed by atoms with Crippen LogP contribution in [0.1, 0.15) is 15.6 Å². The number of ether oxygens (including phenoxy) is 1. The first kappa shape index (κ1) is 12.2. The third-order valence-corrected chi connectivity index (χ3v) is 3.72. The van der Waals surface area contributed by atoms with Crippen LogP contribution in [0.4, 0.5) is 5.69 Å². The van der Waals surface area contributed by atoms with Crippen LogP contribution in [0.15, 0.2) is 18.2 Å². The van der Waals surface area contributed by atoms with Gasteiger partial charge in [-0.15, -0.1) is 11.3 Å². The van der Waals surface area contributed by atoms with E-state index >= 15 is 0 Å². The van der Waals surface area contributed by atoms with E-state index in [1.165, 1.54) is 4.88 Å². The van der Waals surface area contributed by atoms with Gasteiger partial charge in [-0.1, -0.05) is 11.6 Å². The van der Waals surface area contributed by atoms with Gasteiger partial charge in [0.2, 0.25) is 0 Å². The van der Waals surface area contributed by atoms with Crippen molar-refractivity contribution < 1.29 is 4.74 Å². The van der Waals surface area contributed by atoms with Crippen molar-refractivity contribution in [3.63, 3.8) is 0 Å². The van der Waals surface area contributed by atoms with Crippen LogP contribution in [0.2, 0.25) is 5.02 Å². The molecule has 17 heavy (non-hydrogen) atoms. The second-order valence-corrected chi connectivity index (χ2v) is 5.42. The molecule has 1 aromatic heterocycles. The van der Waals surface area contributed by atoms with Gasteiger partial charge in [-0.25, -0.2) is 4.98 Å². The number of thiazole rings is 1. The summed E-state index contributed by atoms with van der Waals surface area (Å²) in [5, 5.41) is 1.47. The van der Waals surface area contributed by atoms with Crippen LogP contribution < -0.4 is 10.5 Å². The summed E-state index contributed by atoms with van der Waals surface area (Å²) in [5.41, 5.74) is 7.29. The smallest absolute Gasteiger partial charge is 0.140 e. The fourth-order valence-corrected chi connectivity index (χ4v) is 2.47. The molecule has 0 aliphatic heterocycles. The summed E-state index contributed by atoms with van der Waals surface area (Å²) in [7, 11) is 0. The van der Waals surface area contributed by atoms with Crippen molar-refractivity contribution in [1.29, 1.82) is 0 Å². The topological polar surface area (TPSA) is 48.1 Å². The maximum absolute atomic E-state index is 6.01. The van der Waals surface area contributed by atoms with Crippen molar-refractivity contribution >= 4 is 28.6 Å². The third kappa shape index (κ3) is 2.90. The molecule has 0 spiro atoms. The number of anilines is 1. The standard InChI is InChI=1S/C12H13ClN2OS/c1-7-8(2)17-12(15-7)6-16-11-4-3-9(14)5-10(11)13/h3-5H,6,14H2,1-2H3. The molecule has 2 aromatic rings. The van der Waals surface area contributed by atoms with E-state index < -0.39 is 0 Å². The normalized spacial score (nSPS) is 10.5. The SMILES string of the molecule is Cc1nc(COc2ccc(N)cc2Cl)sc1C. The average molecular weight is 269 g/mol. The van der Waals surface area contributed by atoms with Crippen LogP contribution in [0.5, 0.6) is 5.75 Å². The molecule has 0 aliphatic rings. The maximum atomic E-state index is 6.01. The highest BCUT2D eigenvalue weighted by molar-refractivity contribution is 7.11. The number of halogens is 1. The van der Waals surface area contributed by atoms with Gasteiger partial charge in [0.25, 0.3) is 0 Å². The molecule has 5 heteroatoms. The van der Waals surface area contributed by atoms with Gasteiger partial charge in [0, 0.05) is 10.6 Å². The quantitative estimate of drug-likeness (QED) is 0.866. The van der Waals surface area contributed by atoms with Crippen LogP contribution >= 0.6 is 22.9 Å². The molecule has 2 rings (SSSR count). The van der Waals surface area contributed by atoms with E-state index in [9.17, 15) is 0 Å². The minimum Gasteiger partial charge on any atom is -0.485 e. The van der Waals surface area contributed by atoms with Crippen molar-refractivity contribution in [3.05, 3.63) is 38.8 Å². The van der Waals surface area contributed by atoms with Crippen molar-refractivity contribution in [2.24, 2.45) is 0 Å². The Labute approximate surface area is 109 Å². The molecule has 0 radical (unpaired) electrons. The Bertz CT molecular complexity index is 520. The lowest BCUT2D eigenvalue weighted by Gasteiger charge is -2.06. The molecule has 0 saturated carbocycles. The number of benzene rings is 1. The molecular weight excluding hydrogens is 256 g/mol. The molecular formula is C12H13ClN2OS. The summed E-state index contributed by atoms with van der Waals surface area (Å²) in [6.45, 7) is 4.47. The van der Waals surface area contributed by atoms with E-state index in [1.807, 2.05) is 13.8 Å². The predicted molar refractivity (Wildman–Crippen MR) is 71.8 cm³/mol. The summed E-state index contributed by atoms with van der Waals surface area (Å²) >= 11 is 7.65. The lowest BCUT2D eigenvalue weighted by molar-refractivity contribution is 0.305. The Morgan fingerprint density at radius 3 is 2.76 bits per heavy atom. The molecule has 1 aromatic carbocycles. The number of hydrogen-bond acceptors (Lipinski definition) is 4. The molecule has 0 amide bonds. The van der Waals surface area contributed by atoms with Gasteiger partial charge >= 0.3 is 0 Å². The molecule has 0 atom stereocenters. The molecule has 0 bridgehead atoms. The van der Waals surface area contributed by atoms with Crippen LogP contribution in [-0.2, 0) is 6.61 Å². The van der Waals surface area contributed by atoms with Crippen LogP contribution in [0.25, 0.3) is 0 Å². The van der Waals surface area contributed by atoms with Crippen molar-refractivity contribution in [2.45, 2.75) is 20.5 Å². The number of hydrogen-bond donors (Lipinski definition) is 1. The number of nitrogens with zero attached hydrogens (tertiary/aromatic N) is 1. The zero-order valence-corrected chi connectivity index (χ0v) is 11.2. The number of aromatic nitrogens is 1. The Hall–Kier alpha value is -1.26. The van der Waals surface area contributed by atoms with Gasteiger partial charge in [-0.3, -0.25) is 0 Å². The number of nitrogens with two attached hydrogens (primary N) is 1. The van der Waals surface area contributed by atoms with Gasteiger partial charge < -0.3 is 10.5 Å². The molecule has 0 unspecified atom stereocenters. The van der Waals surface area contributed by atoms with Crippen molar-refractivity contribution in [3.8, 4) is 5.75 Å². The van der Waals surface area contributed by atoms with Gasteiger partial charge in [0.05, 0.1) is 10.7 Å². The predicted octanol–water partition coefficient (Wildman–Crippen LogP) is 3.57. The second kappa shape index (κ2) is 4.94. The fraction of sp³-hybridized carbons (Fsp3) is 0.250. The summed E-state index contributed by atoms with van der Waals surface area (Å²) in [6.07, 6.45) is 0. The fourth-order valence-electron chi connectivity index (χ4n) is 1.37. The minimum absolute atomic E-state index is 0.434. The molecule has 90 valence electrons. The highest BCUT2D eigenvalue weighted by Gasteiger charge is 2.06. The number of rotatable bonds is 3.